The Morgan fingerprint density at radius 1 is 1.24 bits per heavy atom. The van der Waals surface area contributed by atoms with E-state index in [1.807, 2.05) is 6.07 Å². The molecule has 2 unspecified atom stereocenters. The number of H-pyrrole nitrogens is 1. The molecule has 0 saturated heterocycles. The maximum absolute atomic E-state index is 12.2. The number of carbonyl (C=O) groups is 1. The van der Waals surface area contributed by atoms with Crippen molar-refractivity contribution < 1.29 is 14.6 Å². The van der Waals surface area contributed by atoms with E-state index in [2.05, 4.69) is 35.4 Å². The largest absolute Gasteiger partial charge is 0.508 e. The first-order valence-corrected chi connectivity index (χ1v) is 8.30. The van der Waals surface area contributed by atoms with Gasteiger partial charge in [0.1, 0.15) is 11.8 Å². The van der Waals surface area contributed by atoms with Crippen molar-refractivity contribution in [2.45, 2.75) is 25.4 Å². The molecule has 0 saturated carbocycles. The Hall–Kier alpha value is -2.79. The fourth-order valence-electron chi connectivity index (χ4n) is 3.67. The van der Waals surface area contributed by atoms with Gasteiger partial charge in [0.15, 0.2) is 0 Å². The highest BCUT2D eigenvalue weighted by Gasteiger charge is 2.34. The Morgan fingerprint density at radius 2 is 2.08 bits per heavy atom. The maximum atomic E-state index is 12.2. The highest BCUT2D eigenvalue weighted by atomic mass is 16.5. The normalized spacial score (nSPS) is 19.6. The van der Waals surface area contributed by atoms with Gasteiger partial charge < -0.3 is 14.8 Å². The molecule has 1 aliphatic heterocycles. The Balaban J connectivity index is 1.89. The molecular weight excluding hydrogens is 316 g/mol. The molecule has 4 rings (SSSR count). The Labute approximate surface area is 145 Å². The second kappa shape index (κ2) is 5.93. The summed E-state index contributed by atoms with van der Waals surface area (Å²) in [6.45, 7) is 2.06. The van der Waals surface area contributed by atoms with E-state index in [9.17, 15) is 9.90 Å². The van der Waals surface area contributed by atoms with Crippen LogP contribution in [0.25, 0.3) is 10.9 Å². The van der Waals surface area contributed by atoms with Gasteiger partial charge in [0.05, 0.1) is 13.2 Å². The molecule has 128 valence electrons. The highest BCUT2D eigenvalue weighted by Crippen LogP contribution is 2.36. The third-order valence-corrected chi connectivity index (χ3v) is 4.85. The second-order valence-corrected chi connectivity index (χ2v) is 6.54. The van der Waals surface area contributed by atoms with E-state index < -0.39 is 6.04 Å². The number of aryl methyl sites for hydroxylation is 1. The molecule has 5 heteroatoms. The van der Waals surface area contributed by atoms with Crippen molar-refractivity contribution in [1.82, 2.24) is 10.3 Å². The summed E-state index contributed by atoms with van der Waals surface area (Å²) in [7, 11) is 1.40. The van der Waals surface area contributed by atoms with E-state index >= 15 is 0 Å². The number of fused-ring (bicyclic) bond motifs is 3. The van der Waals surface area contributed by atoms with Gasteiger partial charge in [0, 0.05) is 23.0 Å². The Bertz CT molecular complexity index is 961. The lowest BCUT2D eigenvalue weighted by Crippen LogP contribution is -2.45. The second-order valence-electron chi connectivity index (χ2n) is 6.54. The van der Waals surface area contributed by atoms with E-state index in [0.29, 0.717) is 6.42 Å². The van der Waals surface area contributed by atoms with Gasteiger partial charge in [0.2, 0.25) is 0 Å². The smallest absolute Gasteiger partial charge is 0.323 e. The zero-order valence-corrected chi connectivity index (χ0v) is 14.2. The van der Waals surface area contributed by atoms with Crippen LogP contribution in [0.15, 0.2) is 42.5 Å². The van der Waals surface area contributed by atoms with Crippen LogP contribution in [0.4, 0.5) is 0 Å². The molecule has 25 heavy (non-hydrogen) atoms. The van der Waals surface area contributed by atoms with Gasteiger partial charge in [-0.2, -0.15) is 0 Å². The van der Waals surface area contributed by atoms with Crippen molar-refractivity contribution in [3.05, 3.63) is 64.8 Å². The number of methoxy groups -OCH3 is 1. The third-order valence-electron chi connectivity index (χ3n) is 4.85. The topological polar surface area (TPSA) is 74.4 Å². The molecule has 3 N–H and O–H groups in total. The number of phenolic OH excluding ortho intramolecular Hbond substituents is 1. The van der Waals surface area contributed by atoms with Crippen molar-refractivity contribution in [2.75, 3.05) is 7.11 Å². The van der Waals surface area contributed by atoms with E-state index in [4.69, 9.17) is 4.74 Å². The lowest BCUT2D eigenvalue weighted by molar-refractivity contribution is -0.143. The minimum absolute atomic E-state index is 0.202. The number of benzene rings is 2. The molecule has 2 heterocycles. The summed E-state index contributed by atoms with van der Waals surface area (Å²) < 4.78 is 4.96. The average molecular weight is 336 g/mol. The van der Waals surface area contributed by atoms with Crippen LogP contribution in [-0.4, -0.2) is 29.2 Å². The summed E-state index contributed by atoms with van der Waals surface area (Å²) >= 11 is 0. The monoisotopic (exact) mass is 336 g/mol. The number of hydrogen-bond donors (Lipinski definition) is 3. The molecule has 1 aliphatic rings. The molecule has 0 aliphatic carbocycles. The van der Waals surface area contributed by atoms with E-state index in [0.717, 1.165) is 27.7 Å². The van der Waals surface area contributed by atoms with Gasteiger partial charge in [-0.1, -0.05) is 24.3 Å². The molecule has 5 nitrogen and oxygen atoms in total. The summed E-state index contributed by atoms with van der Waals surface area (Å²) in [5.41, 5.74) is 5.29. The first-order valence-electron chi connectivity index (χ1n) is 8.30. The van der Waals surface area contributed by atoms with Crippen LogP contribution in [0.5, 0.6) is 5.75 Å². The minimum atomic E-state index is -0.426. The van der Waals surface area contributed by atoms with Gasteiger partial charge in [-0.3, -0.25) is 10.1 Å². The molecule has 0 bridgehead atoms. The molecule has 0 fully saturated rings. The fraction of sp³-hybridized carbons (Fsp3) is 0.250. The first-order chi connectivity index (χ1) is 12.1. The number of phenols is 1. The number of rotatable bonds is 2. The van der Waals surface area contributed by atoms with E-state index in [1.54, 1.807) is 18.2 Å². The molecule has 3 aromatic rings. The summed E-state index contributed by atoms with van der Waals surface area (Å²) in [6.07, 6.45) is 0.570. The van der Waals surface area contributed by atoms with Crippen LogP contribution < -0.4 is 5.32 Å². The van der Waals surface area contributed by atoms with Gasteiger partial charge in [-0.25, -0.2) is 0 Å². The summed E-state index contributed by atoms with van der Waals surface area (Å²) in [5.74, 6) is -0.0785. The molecule has 0 amide bonds. The molecule has 2 atom stereocenters. The number of esters is 1. The molecule has 0 radical (unpaired) electrons. The Morgan fingerprint density at radius 3 is 2.84 bits per heavy atom. The fourth-order valence-corrected chi connectivity index (χ4v) is 3.67. The number of hydrogen-bond acceptors (Lipinski definition) is 4. The molecule has 1 aromatic heterocycles. The zero-order valence-electron chi connectivity index (χ0n) is 14.2. The summed E-state index contributed by atoms with van der Waals surface area (Å²) in [4.78, 5) is 15.7. The quantitative estimate of drug-likeness (QED) is 0.629. The predicted octanol–water partition coefficient (Wildman–Crippen LogP) is 2.96. The number of aromatic nitrogens is 1. The summed E-state index contributed by atoms with van der Waals surface area (Å²) in [5, 5.41) is 14.3. The van der Waals surface area contributed by atoms with Crippen molar-refractivity contribution in [2.24, 2.45) is 0 Å². The predicted molar refractivity (Wildman–Crippen MR) is 95.6 cm³/mol. The van der Waals surface area contributed by atoms with Crippen LogP contribution in [0.2, 0.25) is 0 Å². The minimum Gasteiger partial charge on any atom is -0.508 e. The van der Waals surface area contributed by atoms with Crippen LogP contribution in [0, 0.1) is 6.92 Å². The van der Waals surface area contributed by atoms with Crippen molar-refractivity contribution in [3.8, 4) is 5.75 Å². The Kier molecular flexibility index (Phi) is 3.73. The SMILES string of the molecule is COC(=O)C1Cc2c([nH]c3cc(C)ccc23)C(c2cccc(O)c2)N1. The van der Waals surface area contributed by atoms with Crippen LogP contribution in [0.3, 0.4) is 0 Å². The molecular formula is C20H20N2O3. The van der Waals surface area contributed by atoms with E-state index in [-0.39, 0.29) is 17.8 Å². The van der Waals surface area contributed by atoms with Crippen molar-refractivity contribution >= 4 is 16.9 Å². The number of nitrogens with one attached hydrogen (secondary N) is 2. The molecule has 0 spiro atoms. The van der Waals surface area contributed by atoms with Crippen LogP contribution >= 0.6 is 0 Å². The maximum Gasteiger partial charge on any atom is 0.323 e. The van der Waals surface area contributed by atoms with Gasteiger partial charge >= 0.3 is 5.97 Å². The van der Waals surface area contributed by atoms with E-state index in [1.165, 1.54) is 12.7 Å². The van der Waals surface area contributed by atoms with Crippen molar-refractivity contribution in [3.63, 3.8) is 0 Å². The van der Waals surface area contributed by atoms with Gasteiger partial charge in [-0.05, 0) is 41.8 Å². The van der Waals surface area contributed by atoms with Crippen LogP contribution in [0.1, 0.15) is 28.4 Å². The number of aromatic amines is 1. The molecule has 2 aromatic carbocycles. The van der Waals surface area contributed by atoms with Crippen molar-refractivity contribution in [1.29, 1.82) is 0 Å². The number of ether oxygens (including phenoxy) is 1. The standard InChI is InChI=1S/C20H20N2O3/c1-11-6-7-14-15-10-17(20(24)25-2)22-18(19(15)21-16(14)8-11)12-4-3-5-13(23)9-12/h3-9,17-18,21-23H,10H2,1-2H3. The zero-order chi connectivity index (χ0) is 17.6. The average Bonchev–Trinajstić information content (AvgIpc) is 2.97. The third kappa shape index (κ3) is 2.66. The van der Waals surface area contributed by atoms with Gasteiger partial charge in [-0.15, -0.1) is 0 Å². The highest BCUT2D eigenvalue weighted by molar-refractivity contribution is 5.87. The number of carbonyl (C=O) groups excluding carboxylic acids is 1. The number of aromatic hydroxyl groups is 1. The summed E-state index contributed by atoms with van der Waals surface area (Å²) in [6, 6.07) is 12.8. The van der Waals surface area contributed by atoms with Gasteiger partial charge in [0.25, 0.3) is 0 Å². The lowest BCUT2D eigenvalue weighted by Gasteiger charge is -2.30. The lowest BCUT2D eigenvalue weighted by atomic mass is 9.90. The first kappa shape index (κ1) is 15.7. The van der Waals surface area contributed by atoms with Crippen LogP contribution in [-0.2, 0) is 16.0 Å².